The molecule has 0 fully saturated rings. The Labute approximate surface area is 301 Å². The smallest absolute Gasteiger partial charge is 0.0702 e. The zero-order valence-electron chi connectivity index (χ0n) is 29.0. The fraction of sp³-hybridized carbons (Fsp3) is 0.102. The van der Waals surface area contributed by atoms with Gasteiger partial charge in [0.25, 0.3) is 0 Å². The monoisotopic (exact) mass is 656 g/mol. The lowest BCUT2D eigenvalue weighted by Crippen LogP contribution is -2.03. The van der Waals surface area contributed by atoms with Crippen LogP contribution in [0.15, 0.2) is 147 Å². The van der Waals surface area contributed by atoms with Gasteiger partial charge in [0, 0.05) is 29.7 Å². The highest BCUT2D eigenvalue weighted by molar-refractivity contribution is 5.94. The molecule has 0 aliphatic heterocycles. The fourth-order valence-corrected chi connectivity index (χ4v) is 7.56. The normalized spacial score (nSPS) is 13.6. The third kappa shape index (κ3) is 6.49. The van der Waals surface area contributed by atoms with Crippen molar-refractivity contribution in [3.8, 4) is 44.6 Å². The molecule has 0 saturated heterocycles. The summed E-state index contributed by atoms with van der Waals surface area (Å²) in [5, 5.41) is 0. The van der Waals surface area contributed by atoms with Gasteiger partial charge in [0.2, 0.25) is 0 Å². The van der Waals surface area contributed by atoms with E-state index in [2.05, 4.69) is 140 Å². The molecule has 0 unspecified atom stereocenters. The van der Waals surface area contributed by atoms with Crippen molar-refractivity contribution >= 4 is 29.9 Å². The van der Waals surface area contributed by atoms with Crippen LogP contribution in [0, 0.1) is 6.92 Å². The van der Waals surface area contributed by atoms with E-state index in [1.807, 2.05) is 42.9 Å². The first-order chi connectivity index (χ1) is 25.2. The van der Waals surface area contributed by atoms with Crippen molar-refractivity contribution < 1.29 is 0 Å². The zero-order chi connectivity index (χ0) is 34.6. The predicted octanol–water partition coefficient (Wildman–Crippen LogP) is 13.0. The van der Waals surface area contributed by atoms with Crippen LogP contribution in [0.2, 0.25) is 0 Å². The molecule has 0 atom stereocenters. The Kier molecular flexibility index (Phi) is 9.06. The number of benzene rings is 4. The van der Waals surface area contributed by atoms with Crippen LogP contribution in [0.25, 0.3) is 74.5 Å². The molecule has 0 radical (unpaired) electrons. The Morgan fingerprint density at radius 1 is 0.667 bits per heavy atom. The van der Waals surface area contributed by atoms with E-state index in [1.165, 1.54) is 44.5 Å². The molecular formula is C49H40N2. The molecule has 0 saturated carbocycles. The van der Waals surface area contributed by atoms with Gasteiger partial charge in [-0.15, -0.1) is 0 Å². The van der Waals surface area contributed by atoms with Crippen molar-refractivity contribution in [2.24, 2.45) is 0 Å². The molecule has 2 nitrogen and oxygen atoms in total. The summed E-state index contributed by atoms with van der Waals surface area (Å²) in [6, 6.07) is 34.5. The van der Waals surface area contributed by atoms with Gasteiger partial charge in [0.05, 0.1) is 5.69 Å². The van der Waals surface area contributed by atoms with E-state index in [4.69, 9.17) is 4.98 Å². The minimum absolute atomic E-state index is 0.942. The number of nitrogens with zero attached hydrogens (tertiary/aromatic N) is 2. The summed E-state index contributed by atoms with van der Waals surface area (Å²) in [6.07, 6.45) is 28.2. The highest BCUT2D eigenvalue weighted by Crippen LogP contribution is 2.40. The summed E-state index contributed by atoms with van der Waals surface area (Å²) >= 11 is 0. The second kappa shape index (κ2) is 14.4. The number of hydrogen-bond donors (Lipinski definition) is 0. The third-order valence-corrected chi connectivity index (χ3v) is 10.1. The Hall–Kier alpha value is -6.12. The maximum absolute atomic E-state index is 4.70. The molecule has 6 aromatic rings. The lowest BCUT2D eigenvalue weighted by molar-refractivity contribution is 0.849. The fourth-order valence-electron chi connectivity index (χ4n) is 7.56. The molecule has 0 bridgehead atoms. The zero-order valence-corrected chi connectivity index (χ0v) is 29.0. The van der Waals surface area contributed by atoms with Gasteiger partial charge < -0.3 is 0 Å². The molecule has 4 aromatic carbocycles. The average Bonchev–Trinajstić information content (AvgIpc) is 3.60. The molecule has 0 amide bonds. The van der Waals surface area contributed by atoms with Crippen LogP contribution in [-0.4, -0.2) is 9.97 Å². The van der Waals surface area contributed by atoms with Crippen LogP contribution in [0.3, 0.4) is 0 Å². The second-order valence-electron chi connectivity index (χ2n) is 13.3. The number of pyridine rings is 2. The van der Waals surface area contributed by atoms with Crippen LogP contribution >= 0.6 is 0 Å². The van der Waals surface area contributed by atoms with Crippen molar-refractivity contribution in [2.45, 2.75) is 32.6 Å². The van der Waals surface area contributed by atoms with E-state index in [1.54, 1.807) is 0 Å². The van der Waals surface area contributed by atoms with Crippen molar-refractivity contribution in [3.63, 3.8) is 0 Å². The Morgan fingerprint density at radius 3 is 2.24 bits per heavy atom. The average molecular weight is 657 g/mol. The molecule has 2 aliphatic carbocycles. The molecule has 246 valence electrons. The topological polar surface area (TPSA) is 25.8 Å². The van der Waals surface area contributed by atoms with Crippen LogP contribution < -0.4 is 0 Å². The van der Waals surface area contributed by atoms with Crippen molar-refractivity contribution in [1.29, 1.82) is 0 Å². The van der Waals surface area contributed by atoms with Crippen molar-refractivity contribution in [1.82, 2.24) is 9.97 Å². The number of aromatic nitrogens is 2. The molecule has 0 spiro atoms. The van der Waals surface area contributed by atoms with E-state index in [0.29, 0.717) is 0 Å². The van der Waals surface area contributed by atoms with E-state index < -0.39 is 0 Å². The van der Waals surface area contributed by atoms with Crippen molar-refractivity contribution in [2.75, 3.05) is 0 Å². The summed E-state index contributed by atoms with van der Waals surface area (Å²) in [6.45, 7) is 6.61. The van der Waals surface area contributed by atoms with Crippen molar-refractivity contribution in [3.05, 3.63) is 185 Å². The molecule has 8 rings (SSSR count). The van der Waals surface area contributed by atoms with Gasteiger partial charge in [0.15, 0.2) is 0 Å². The summed E-state index contributed by atoms with van der Waals surface area (Å²) in [4.78, 5) is 9.11. The summed E-state index contributed by atoms with van der Waals surface area (Å²) < 4.78 is 0. The van der Waals surface area contributed by atoms with Crippen LogP contribution in [0.5, 0.6) is 0 Å². The van der Waals surface area contributed by atoms with E-state index in [-0.39, 0.29) is 0 Å². The van der Waals surface area contributed by atoms with Gasteiger partial charge in [-0.2, -0.15) is 0 Å². The number of allylic oxidation sites excluding steroid dienone is 5. The highest BCUT2D eigenvalue weighted by atomic mass is 14.7. The molecule has 2 heteroatoms. The van der Waals surface area contributed by atoms with Crippen LogP contribution in [0.1, 0.15) is 58.2 Å². The minimum Gasteiger partial charge on any atom is -0.264 e. The largest absolute Gasteiger partial charge is 0.264 e. The quantitative estimate of drug-likeness (QED) is 0.126. The van der Waals surface area contributed by atoms with Gasteiger partial charge in [-0.05, 0) is 153 Å². The van der Waals surface area contributed by atoms with Crippen LogP contribution in [-0.2, 0) is 6.42 Å². The first-order valence-electron chi connectivity index (χ1n) is 17.9. The second-order valence-corrected chi connectivity index (χ2v) is 13.3. The number of fused-ring (bicyclic) bond motifs is 3. The standard InChI is InChI=1S/C49H40N2/c1-3-35(32-48-34(2)42-19-6-4-7-22-45(42)46-23-8-5-9-24-47(46)48)36-16-14-17-37(28-36)43-20-10-11-21-44(43)40-29-39(38-18-15-26-50-33-38)30-41(31-40)49-25-12-13-27-51-49/h3,6-8,10-23,25-33H,1,4-5,9,24H2,2H3/b35-32+. The van der Waals surface area contributed by atoms with Crippen LogP contribution in [0.4, 0.5) is 0 Å². The summed E-state index contributed by atoms with van der Waals surface area (Å²) in [7, 11) is 0. The molecule has 2 aliphatic rings. The summed E-state index contributed by atoms with van der Waals surface area (Å²) in [5.74, 6) is 0. The van der Waals surface area contributed by atoms with E-state index >= 15 is 0 Å². The lowest BCUT2D eigenvalue weighted by atomic mass is 9.84. The first-order valence-corrected chi connectivity index (χ1v) is 17.9. The third-order valence-electron chi connectivity index (χ3n) is 10.1. The first kappa shape index (κ1) is 32.1. The summed E-state index contributed by atoms with van der Waals surface area (Å²) in [5.41, 5.74) is 19.3. The molecule has 0 N–H and O–H groups in total. The molecular weight excluding hydrogens is 617 g/mol. The predicted molar refractivity (Wildman–Crippen MR) is 218 cm³/mol. The SMILES string of the molecule is C=C/C(=C\c1c(C)c2c(c3c1CCCC=C3)C=CCC=C2)c1cccc(-c2ccccc2-c2cc(-c3cccnc3)cc(-c3ccccn3)c2)c1. The highest BCUT2D eigenvalue weighted by Gasteiger charge is 2.20. The number of hydrogen-bond acceptors (Lipinski definition) is 2. The molecule has 51 heavy (non-hydrogen) atoms. The Bertz CT molecular complexity index is 2310. The maximum Gasteiger partial charge on any atom is 0.0702 e. The molecule has 2 aromatic heterocycles. The van der Waals surface area contributed by atoms with E-state index in [9.17, 15) is 0 Å². The molecule has 2 heterocycles. The lowest BCUT2D eigenvalue weighted by Gasteiger charge is -2.20. The minimum atomic E-state index is 0.942. The van der Waals surface area contributed by atoms with Gasteiger partial charge >= 0.3 is 0 Å². The Balaban J connectivity index is 1.25. The van der Waals surface area contributed by atoms with Gasteiger partial charge in [-0.1, -0.05) is 104 Å². The van der Waals surface area contributed by atoms with Gasteiger partial charge in [-0.3, -0.25) is 9.97 Å². The Morgan fingerprint density at radius 2 is 1.43 bits per heavy atom. The number of rotatable bonds is 7. The van der Waals surface area contributed by atoms with Gasteiger partial charge in [0.1, 0.15) is 0 Å². The van der Waals surface area contributed by atoms with Gasteiger partial charge in [-0.25, -0.2) is 0 Å². The maximum atomic E-state index is 4.70. The van der Waals surface area contributed by atoms with E-state index in [0.717, 1.165) is 70.3 Å².